The van der Waals surface area contributed by atoms with Crippen molar-refractivity contribution in [1.29, 1.82) is 0 Å². The number of allylic oxidation sites excluding steroid dienone is 1. The maximum Gasteiger partial charge on any atom is 0.0909 e. The van der Waals surface area contributed by atoms with E-state index < -0.39 is 0 Å². The number of hydrogen-bond acceptors (Lipinski definition) is 2. The molecule has 0 fully saturated rings. The Balaban J connectivity index is 0.000000671. The molecule has 2 nitrogen and oxygen atoms in total. The van der Waals surface area contributed by atoms with Crippen LogP contribution in [0.25, 0.3) is 5.57 Å². The minimum Gasteiger partial charge on any atom is -0.262 e. The van der Waals surface area contributed by atoms with Gasteiger partial charge in [0.15, 0.2) is 0 Å². The SMILES string of the molecule is C=Nc1cccnc1C(=C)C.CC. The summed E-state index contributed by atoms with van der Waals surface area (Å²) < 4.78 is 0. The summed E-state index contributed by atoms with van der Waals surface area (Å²) in [6, 6.07) is 3.69. The van der Waals surface area contributed by atoms with Gasteiger partial charge in [-0.2, -0.15) is 0 Å². The van der Waals surface area contributed by atoms with Crippen LogP contribution in [0.1, 0.15) is 26.5 Å². The molecule has 1 aromatic rings. The van der Waals surface area contributed by atoms with E-state index in [9.17, 15) is 0 Å². The predicted octanol–water partition coefficient (Wildman–Crippen LogP) is 3.47. The van der Waals surface area contributed by atoms with Crippen molar-refractivity contribution >= 4 is 18.0 Å². The number of pyridine rings is 1. The summed E-state index contributed by atoms with van der Waals surface area (Å²) in [5, 5.41) is 0. The Morgan fingerprint density at radius 1 is 1.46 bits per heavy atom. The predicted molar refractivity (Wildman–Crippen MR) is 59.5 cm³/mol. The van der Waals surface area contributed by atoms with Crippen LogP contribution >= 0.6 is 0 Å². The Hall–Kier alpha value is -1.44. The highest BCUT2D eigenvalue weighted by molar-refractivity contribution is 5.69. The fourth-order valence-corrected chi connectivity index (χ4v) is 0.853. The molecular weight excluding hydrogens is 160 g/mol. The second-order valence-electron chi connectivity index (χ2n) is 2.31. The van der Waals surface area contributed by atoms with Crippen molar-refractivity contribution in [2.45, 2.75) is 20.8 Å². The van der Waals surface area contributed by atoms with E-state index in [2.05, 4.69) is 23.3 Å². The third-order valence-electron chi connectivity index (χ3n) is 1.36. The van der Waals surface area contributed by atoms with Crippen LogP contribution in [0.2, 0.25) is 0 Å². The highest BCUT2D eigenvalue weighted by Gasteiger charge is 1.99. The number of aliphatic imine (C=N–C) groups is 1. The molecule has 0 radical (unpaired) electrons. The first-order chi connectivity index (χ1) is 6.25. The molecule has 0 atom stereocenters. The Labute approximate surface area is 80.1 Å². The van der Waals surface area contributed by atoms with Crippen LogP contribution in [0.5, 0.6) is 0 Å². The van der Waals surface area contributed by atoms with Gasteiger partial charge in [-0.05, 0) is 31.3 Å². The van der Waals surface area contributed by atoms with Crippen LogP contribution in [-0.4, -0.2) is 11.7 Å². The number of hydrogen-bond donors (Lipinski definition) is 0. The largest absolute Gasteiger partial charge is 0.262 e. The van der Waals surface area contributed by atoms with Crippen LogP contribution < -0.4 is 0 Å². The van der Waals surface area contributed by atoms with E-state index in [4.69, 9.17) is 0 Å². The summed E-state index contributed by atoms with van der Waals surface area (Å²) in [7, 11) is 0. The van der Waals surface area contributed by atoms with Crippen molar-refractivity contribution in [2.24, 2.45) is 4.99 Å². The minimum atomic E-state index is 0.792. The van der Waals surface area contributed by atoms with E-state index in [0.717, 1.165) is 17.0 Å². The van der Waals surface area contributed by atoms with Gasteiger partial charge >= 0.3 is 0 Å². The van der Waals surface area contributed by atoms with Gasteiger partial charge < -0.3 is 0 Å². The molecule has 2 heteroatoms. The fourth-order valence-electron chi connectivity index (χ4n) is 0.853. The summed E-state index contributed by atoms with van der Waals surface area (Å²) in [5.41, 5.74) is 2.52. The molecule has 0 saturated heterocycles. The monoisotopic (exact) mass is 176 g/mol. The van der Waals surface area contributed by atoms with Crippen LogP contribution in [0.3, 0.4) is 0 Å². The summed E-state index contributed by atoms with van der Waals surface area (Å²) in [5.74, 6) is 0. The Kier molecular flexibility index (Phi) is 5.44. The van der Waals surface area contributed by atoms with E-state index >= 15 is 0 Å². The van der Waals surface area contributed by atoms with Crippen LogP contribution in [-0.2, 0) is 0 Å². The molecule has 0 saturated carbocycles. The lowest BCUT2D eigenvalue weighted by Gasteiger charge is -2.00. The third-order valence-corrected chi connectivity index (χ3v) is 1.36. The first kappa shape index (κ1) is 11.6. The van der Waals surface area contributed by atoms with E-state index in [1.165, 1.54) is 0 Å². The first-order valence-corrected chi connectivity index (χ1v) is 4.33. The molecule has 1 heterocycles. The summed E-state index contributed by atoms with van der Waals surface area (Å²) in [6.45, 7) is 13.1. The topological polar surface area (TPSA) is 25.2 Å². The van der Waals surface area contributed by atoms with E-state index in [0.29, 0.717) is 0 Å². The normalized spacial score (nSPS) is 8.23. The number of aromatic nitrogens is 1. The Bertz CT molecular complexity index is 290. The molecule has 0 aromatic carbocycles. The molecule has 0 N–H and O–H groups in total. The lowest BCUT2D eigenvalue weighted by atomic mass is 10.2. The van der Waals surface area contributed by atoms with Gasteiger partial charge in [-0.1, -0.05) is 20.4 Å². The molecule has 0 unspecified atom stereocenters. The smallest absolute Gasteiger partial charge is 0.0909 e. The van der Waals surface area contributed by atoms with Crippen molar-refractivity contribution in [3.8, 4) is 0 Å². The van der Waals surface area contributed by atoms with Gasteiger partial charge in [0.2, 0.25) is 0 Å². The quantitative estimate of drug-likeness (QED) is 0.633. The maximum atomic E-state index is 4.12. The van der Waals surface area contributed by atoms with Crippen LogP contribution in [0.15, 0.2) is 29.9 Å². The van der Waals surface area contributed by atoms with Gasteiger partial charge in [-0.15, -0.1) is 0 Å². The molecule has 1 aromatic heterocycles. The van der Waals surface area contributed by atoms with Crippen LogP contribution in [0.4, 0.5) is 5.69 Å². The average Bonchev–Trinajstić information content (AvgIpc) is 2.20. The zero-order chi connectivity index (χ0) is 10.3. The maximum absolute atomic E-state index is 4.12. The van der Waals surface area contributed by atoms with Crippen molar-refractivity contribution in [3.05, 3.63) is 30.6 Å². The van der Waals surface area contributed by atoms with E-state index in [-0.39, 0.29) is 0 Å². The fraction of sp³-hybridized carbons (Fsp3) is 0.273. The highest BCUT2D eigenvalue weighted by Crippen LogP contribution is 2.20. The van der Waals surface area contributed by atoms with Crippen molar-refractivity contribution < 1.29 is 0 Å². The second-order valence-corrected chi connectivity index (χ2v) is 2.31. The van der Waals surface area contributed by atoms with Gasteiger partial charge in [0.05, 0.1) is 11.4 Å². The minimum absolute atomic E-state index is 0.792. The molecule has 0 amide bonds. The molecule has 70 valence electrons. The van der Waals surface area contributed by atoms with E-state index in [1.54, 1.807) is 6.20 Å². The zero-order valence-electron chi connectivity index (χ0n) is 8.54. The molecule has 0 spiro atoms. The molecule has 0 aliphatic rings. The molecule has 0 aliphatic heterocycles. The zero-order valence-corrected chi connectivity index (χ0v) is 8.54. The Morgan fingerprint density at radius 3 is 2.46 bits per heavy atom. The molecule has 13 heavy (non-hydrogen) atoms. The lowest BCUT2D eigenvalue weighted by molar-refractivity contribution is 1.25. The number of rotatable bonds is 2. The van der Waals surface area contributed by atoms with Crippen molar-refractivity contribution in [2.75, 3.05) is 0 Å². The third kappa shape index (κ3) is 3.20. The molecule has 0 bridgehead atoms. The average molecular weight is 176 g/mol. The number of nitrogens with zero attached hydrogens (tertiary/aromatic N) is 2. The summed E-state index contributed by atoms with van der Waals surface area (Å²) >= 11 is 0. The summed E-state index contributed by atoms with van der Waals surface area (Å²) in [4.78, 5) is 7.93. The Morgan fingerprint density at radius 2 is 2.08 bits per heavy atom. The highest BCUT2D eigenvalue weighted by atomic mass is 14.8. The van der Waals surface area contributed by atoms with Crippen molar-refractivity contribution in [3.63, 3.8) is 0 Å². The van der Waals surface area contributed by atoms with Gasteiger partial charge in [0.25, 0.3) is 0 Å². The molecule has 1 rings (SSSR count). The second kappa shape index (κ2) is 6.12. The van der Waals surface area contributed by atoms with Gasteiger partial charge in [0, 0.05) is 6.20 Å². The molecular formula is C11H16N2. The van der Waals surface area contributed by atoms with Gasteiger partial charge in [-0.25, -0.2) is 0 Å². The van der Waals surface area contributed by atoms with Gasteiger partial charge in [0.1, 0.15) is 0 Å². The van der Waals surface area contributed by atoms with Crippen molar-refractivity contribution in [1.82, 2.24) is 4.98 Å². The van der Waals surface area contributed by atoms with Crippen LogP contribution in [0, 0.1) is 0 Å². The lowest BCUT2D eigenvalue weighted by Crippen LogP contribution is -1.83. The molecule has 0 aliphatic carbocycles. The summed E-state index contributed by atoms with van der Waals surface area (Å²) in [6.07, 6.45) is 1.72. The standard InChI is InChI=1S/C9H10N2.C2H6/c1-7(2)9-8(10-3)5-4-6-11-9;1-2/h4-6H,1,3H2,2H3;1-2H3. The first-order valence-electron chi connectivity index (χ1n) is 4.33. The van der Waals surface area contributed by atoms with E-state index in [1.807, 2.05) is 32.9 Å². The van der Waals surface area contributed by atoms with Gasteiger partial charge in [-0.3, -0.25) is 9.98 Å².